The predicted molar refractivity (Wildman–Crippen MR) is 88.7 cm³/mol. The Morgan fingerprint density at radius 3 is 2.86 bits per heavy atom. The molecule has 5 nitrogen and oxygen atoms in total. The fraction of sp³-hybridized carbons (Fsp3) is 0.375. The number of rotatable bonds is 5. The highest BCUT2D eigenvalue weighted by Gasteiger charge is 2.15. The number of halogens is 1. The van der Waals surface area contributed by atoms with E-state index in [-0.39, 0.29) is 18.3 Å². The van der Waals surface area contributed by atoms with Gasteiger partial charge in [0.05, 0.1) is 5.69 Å². The molecular weight excluding hydrogens is 300 g/mol. The van der Waals surface area contributed by atoms with Crippen molar-refractivity contribution in [3.63, 3.8) is 0 Å². The van der Waals surface area contributed by atoms with Gasteiger partial charge in [0.1, 0.15) is 0 Å². The van der Waals surface area contributed by atoms with Gasteiger partial charge < -0.3 is 10.6 Å². The molecule has 0 spiro atoms. The first kappa shape index (κ1) is 16.5. The molecule has 1 aromatic carbocycles. The molecule has 1 aromatic heterocycles. The lowest BCUT2D eigenvalue weighted by Gasteiger charge is -2.08. The number of carbonyl (C=O) groups is 1. The lowest BCUT2D eigenvalue weighted by Crippen LogP contribution is -2.26. The highest BCUT2D eigenvalue weighted by Crippen LogP contribution is 2.11. The summed E-state index contributed by atoms with van der Waals surface area (Å²) in [5.41, 5.74) is 1.41. The summed E-state index contributed by atoms with van der Waals surface area (Å²) < 4.78 is 1.72. The predicted octanol–water partition coefficient (Wildman–Crippen LogP) is 2.02. The minimum atomic E-state index is -0.101. The van der Waals surface area contributed by atoms with E-state index in [0.29, 0.717) is 18.2 Å². The minimum Gasteiger partial charge on any atom is -0.351 e. The average molecular weight is 321 g/mol. The second-order valence-electron chi connectivity index (χ2n) is 5.38. The van der Waals surface area contributed by atoms with E-state index < -0.39 is 0 Å². The van der Waals surface area contributed by atoms with Crippen molar-refractivity contribution in [2.24, 2.45) is 5.92 Å². The Bertz CT molecular complexity index is 593. The largest absolute Gasteiger partial charge is 0.351 e. The van der Waals surface area contributed by atoms with Gasteiger partial charge >= 0.3 is 0 Å². The third kappa shape index (κ3) is 4.08. The smallest absolute Gasteiger partial charge is 0.271 e. The van der Waals surface area contributed by atoms with Crippen molar-refractivity contribution in [2.45, 2.75) is 12.8 Å². The van der Waals surface area contributed by atoms with Crippen LogP contribution in [0.15, 0.2) is 42.6 Å². The molecule has 6 heteroatoms. The van der Waals surface area contributed by atoms with E-state index in [1.54, 1.807) is 10.7 Å². The van der Waals surface area contributed by atoms with Crippen LogP contribution in [0, 0.1) is 5.92 Å². The second kappa shape index (κ2) is 7.96. The van der Waals surface area contributed by atoms with E-state index >= 15 is 0 Å². The maximum Gasteiger partial charge on any atom is 0.271 e. The lowest BCUT2D eigenvalue weighted by atomic mass is 10.1. The maximum absolute atomic E-state index is 12.1. The number of carbonyl (C=O) groups excluding carboxylic acids is 1. The molecule has 118 valence electrons. The molecule has 1 saturated heterocycles. The molecule has 22 heavy (non-hydrogen) atoms. The maximum atomic E-state index is 12.1. The van der Waals surface area contributed by atoms with Gasteiger partial charge in [-0.25, -0.2) is 4.68 Å². The molecule has 0 aliphatic carbocycles. The monoisotopic (exact) mass is 320 g/mol. The van der Waals surface area contributed by atoms with Gasteiger partial charge in [-0.15, -0.1) is 12.4 Å². The van der Waals surface area contributed by atoms with Crippen LogP contribution in [0.5, 0.6) is 0 Å². The highest BCUT2D eigenvalue weighted by molar-refractivity contribution is 5.92. The molecule has 1 unspecified atom stereocenters. The summed E-state index contributed by atoms with van der Waals surface area (Å²) in [6.07, 6.45) is 4.04. The number of hydrogen-bond donors (Lipinski definition) is 2. The molecule has 2 aromatic rings. The molecule has 1 aliphatic rings. The van der Waals surface area contributed by atoms with Gasteiger partial charge in [-0.2, -0.15) is 5.10 Å². The Balaban J connectivity index is 0.00000176. The SMILES string of the molecule is Cl.O=C(NCCC1CCNC1)c1ccn(-c2ccccc2)n1. The van der Waals surface area contributed by atoms with Gasteiger partial charge in [-0.1, -0.05) is 18.2 Å². The number of aromatic nitrogens is 2. The Hall–Kier alpha value is -1.85. The van der Waals surface area contributed by atoms with Gasteiger partial charge in [0.2, 0.25) is 0 Å². The Morgan fingerprint density at radius 2 is 2.14 bits per heavy atom. The summed E-state index contributed by atoms with van der Waals surface area (Å²) in [7, 11) is 0. The Labute approximate surface area is 136 Å². The van der Waals surface area contributed by atoms with E-state index in [1.807, 2.05) is 36.5 Å². The molecule has 0 saturated carbocycles. The zero-order valence-electron chi connectivity index (χ0n) is 12.4. The normalized spacial score (nSPS) is 17.0. The molecule has 1 fully saturated rings. The van der Waals surface area contributed by atoms with E-state index in [1.165, 1.54) is 6.42 Å². The summed E-state index contributed by atoms with van der Waals surface area (Å²) in [4.78, 5) is 12.1. The molecule has 2 heterocycles. The summed E-state index contributed by atoms with van der Waals surface area (Å²) in [5.74, 6) is 0.586. The molecule has 1 amide bonds. The van der Waals surface area contributed by atoms with Crippen molar-refractivity contribution < 1.29 is 4.79 Å². The number of amides is 1. The molecule has 0 bridgehead atoms. The van der Waals surface area contributed by atoms with Crippen molar-refractivity contribution in [1.82, 2.24) is 20.4 Å². The molecule has 0 radical (unpaired) electrons. The van der Waals surface area contributed by atoms with Crippen LogP contribution in [0.1, 0.15) is 23.3 Å². The molecule has 3 rings (SSSR count). The first-order chi connectivity index (χ1) is 10.3. The lowest BCUT2D eigenvalue weighted by molar-refractivity contribution is 0.0946. The van der Waals surface area contributed by atoms with Crippen LogP contribution in [0.4, 0.5) is 0 Å². The topological polar surface area (TPSA) is 59.0 Å². The summed E-state index contributed by atoms with van der Waals surface area (Å²) in [6, 6.07) is 11.5. The van der Waals surface area contributed by atoms with Crippen molar-refractivity contribution >= 4 is 18.3 Å². The van der Waals surface area contributed by atoms with Crippen LogP contribution in [-0.4, -0.2) is 35.3 Å². The standard InChI is InChI=1S/C16H20N4O.ClH/c21-16(18-10-7-13-6-9-17-12-13)15-8-11-20(19-15)14-4-2-1-3-5-14;/h1-5,8,11,13,17H,6-7,9-10,12H2,(H,18,21);1H. The number of para-hydroxylation sites is 1. The third-order valence-corrected chi connectivity index (χ3v) is 3.84. The third-order valence-electron chi connectivity index (χ3n) is 3.84. The molecule has 1 atom stereocenters. The number of nitrogens with zero attached hydrogens (tertiary/aromatic N) is 2. The second-order valence-corrected chi connectivity index (χ2v) is 5.38. The van der Waals surface area contributed by atoms with Crippen LogP contribution in [0.3, 0.4) is 0 Å². The van der Waals surface area contributed by atoms with E-state index in [2.05, 4.69) is 15.7 Å². The van der Waals surface area contributed by atoms with Crippen molar-refractivity contribution in [3.05, 3.63) is 48.3 Å². The minimum absolute atomic E-state index is 0. The van der Waals surface area contributed by atoms with Gasteiger partial charge in [0, 0.05) is 12.7 Å². The first-order valence-electron chi connectivity index (χ1n) is 7.43. The molecule has 1 aliphatic heterocycles. The summed E-state index contributed by atoms with van der Waals surface area (Å²) in [5, 5.41) is 10.6. The fourth-order valence-electron chi connectivity index (χ4n) is 2.61. The highest BCUT2D eigenvalue weighted by atomic mass is 35.5. The van der Waals surface area contributed by atoms with Gasteiger partial charge in [-0.3, -0.25) is 4.79 Å². The van der Waals surface area contributed by atoms with Crippen LogP contribution in [-0.2, 0) is 0 Å². The van der Waals surface area contributed by atoms with Gasteiger partial charge in [0.15, 0.2) is 5.69 Å². The number of hydrogen-bond acceptors (Lipinski definition) is 3. The number of benzene rings is 1. The molecular formula is C16H21ClN4O. The van der Waals surface area contributed by atoms with Crippen molar-refractivity contribution in [2.75, 3.05) is 19.6 Å². The van der Waals surface area contributed by atoms with E-state index in [9.17, 15) is 4.79 Å². The summed E-state index contributed by atoms with van der Waals surface area (Å²) >= 11 is 0. The zero-order valence-corrected chi connectivity index (χ0v) is 13.2. The van der Waals surface area contributed by atoms with Crippen LogP contribution >= 0.6 is 12.4 Å². The van der Waals surface area contributed by atoms with Gasteiger partial charge in [0.25, 0.3) is 5.91 Å². The van der Waals surface area contributed by atoms with Crippen molar-refractivity contribution in [1.29, 1.82) is 0 Å². The Kier molecular flexibility index (Phi) is 5.98. The van der Waals surface area contributed by atoms with Crippen LogP contribution < -0.4 is 10.6 Å². The van der Waals surface area contributed by atoms with Gasteiger partial charge in [-0.05, 0) is 50.0 Å². The zero-order chi connectivity index (χ0) is 14.5. The Morgan fingerprint density at radius 1 is 1.32 bits per heavy atom. The van der Waals surface area contributed by atoms with Crippen LogP contribution in [0.2, 0.25) is 0 Å². The van der Waals surface area contributed by atoms with Crippen molar-refractivity contribution in [3.8, 4) is 5.69 Å². The van der Waals surface area contributed by atoms with E-state index in [4.69, 9.17) is 0 Å². The van der Waals surface area contributed by atoms with E-state index in [0.717, 1.165) is 25.2 Å². The average Bonchev–Trinajstić information content (AvgIpc) is 3.20. The fourth-order valence-corrected chi connectivity index (χ4v) is 2.61. The number of nitrogens with one attached hydrogen (secondary N) is 2. The molecule has 2 N–H and O–H groups in total. The first-order valence-corrected chi connectivity index (χ1v) is 7.43. The van der Waals surface area contributed by atoms with Crippen LogP contribution in [0.25, 0.3) is 5.69 Å². The quantitative estimate of drug-likeness (QED) is 0.886. The summed E-state index contributed by atoms with van der Waals surface area (Å²) in [6.45, 7) is 2.88.